The lowest BCUT2D eigenvalue weighted by molar-refractivity contribution is 0.660. The smallest absolute Gasteiger partial charge is 0.0540 e. The topological polar surface area (TPSA) is 3.24 Å². The van der Waals surface area contributed by atoms with Gasteiger partial charge in [0.2, 0.25) is 0 Å². The predicted molar refractivity (Wildman–Crippen MR) is 199 cm³/mol. The maximum atomic E-state index is 2.50. The molecule has 7 aromatic rings. The summed E-state index contributed by atoms with van der Waals surface area (Å²) >= 11 is 0. The predicted octanol–water partition coefficient (Wildman–Crippen LogP) is 12.6. The van der Waals surface area contributed by atoms with Crippen molar-refractivity contribution in [3.05, 3.63) is 174 Å². The molecular weight excluding hydrogens is 567 g/mol. The fourth-order valence-corrected chi connectivity index (χ4v) is 8.45. The van der Waals surface area contributed by atoms with E-state index in [-0.39, 0.29) is 10.8 Å². The minimum atomic E-state index is -0.0929. The molecule has 2 aliphatic carbocycles. The molecule has 0 radical (unpaired) electrons. The highest BCUT2D eigenvalue weighted by Gasteiger charge is 2.37. The van der Waals surface area contributed by atoms with Crippen LogP contribution in [0.3, 0.4) is 0 Å². The van der Waals surface area contributed by atoms with Crippen LogP contribution in [-0.4, -0.2) is 0 Å². The van der Waals surface area contributed by atoms with Crippen LogP contribution >= 0.6 is 0 Å². The zero-order valence-electron chi connectivity index (χ0n) is 27.4. The van der Waals surface area contributed by atoms with Crippen LogP contribution in [0.15, 0.2) is 152 Å². The molecule has 1 heteroatoms. The monoisotopic (exact) mass is 603 g/mol. The largest absolute Gasteiger partial charge is 0.310 e. The number of benzene rings is 7. The molecule has 1 nitrogen and oxygen atoms in total. The first-order valence-corrected chi connectivity index (χ1v) is 16.7. The second-order valence-electron chi connectivity index (χ2n) is 14.2. The molecule has 9 rings (SSSR count). The van der Waals surface area contributed by atoms with Gasteiger partial charge >= 0.3 is 0 Å². The molecule has 0 aliphatic heterocycles. The van der Waals surface area contributed by atoms with Gasteiger partial charge in [-0.25, -0.2) is 0 Å². The first kappa shape index (κ1) is 27.9. The quantitative estimate of drug-likeness (QED) is 0.193. The summed E-state index contributed by atoms with van der Waals surface area (Å²) in [7, 11) is 0. The number of nitrogens with zero attached hydrogens (tertiary/aromatic N) is 1. The number of fused-ring (bicyclic) bond motifs is 7. The maximum Gasteiger partial charge on any atom is 0.0540 e. The first-order valence-electron chi connectivity index (χ1n) is 16.7. The van der Waals surface area contributed by atoms with Gasteiger partial charge in [-0.1, -0.05) is 149 Å². The summed E-state index contributed by atoms with van der Waals surface area (Å²) in [5.41, 5.74) is 16.7. The van der Waals surface area contributed by atoms with E-state index in [0.717, 1.165) is 0 Å². The fraction of sp³-hybridized carbons (Fsp3) is 0.130. The van der Waals surface area contributed by atoms with Crippen molar-refractivity contribution >= 4 is 27.8 Å². The van der Waals surface area contributed by atoms with E-state index in [1.165, 1.54) is 83.5 Å². The molecule has 0 saturated heterocycles. The van der Waals surface area contributed by atoms with Gasteiger partial charge in [0, 0.05) is 27.8 Å². The van der Waals surface area contributed by atoms with Crippen LogP contribution in [-0.2, 0) is 10.8 Å². The molecule has 0 atom stereocenters. The Morgan fingerprint density at radius 3 is 1.43 bits per heavy atom. The summed E-state index contributed by atoms with van der Waals surface area (Å²) in [6, 6.07) is 56.3. The Hall–Kier alpha value is -5.40. The van der Waals surface area contributed by atoms with E-state index in [1.807, 2.05) is 0 Å². The Labute approximate surface area is 277 Å². The maximum absolute atomic E-state index is 2.50. The summed E-state index contributed by atoms with van der Waals surface area (Å²) in [4.78, 5) is 2.50. The van der Waals surface area contributed by atoms with E-state index in [2.05, 4.69) is 184 Å². The summed E-state index contributed by atoms with van der Waals surface area (Å²) in [6.45, 7) is 9.46. The molecule has 2 aliphatic rings. The van der Waals surface area contributed by atoms with Crippen molar-refractivity contribution in [1.82, 2.24) is 0 Å². The molecule has 0 spiro atoms. The highest BCUT2D eigenvalue weighted by atomic mass is 15.1. The van der Waals surface area contributed by atoms with Crippen molar-refractivity contribution in [2.45, 2.75) is 38.5 Å². The van der Waals surface area contributed by atoms with E-state index in [4.69, 9.17) is 0 Å². The second-order valence-corrected chi connectivity index (χ2v) is 14.2. The lowest BCUT2D eigenvalue weighted by Gasteiger charge is -2.31. The van der Waals surface area contributed by atoms with E-state index < -0.39 is 0 Å². The van der Waals surface area contributed by atoms with Crippen molar-refractivity contribution in [1.29, 1.82) is 0 Å². The lowest BCUT2D eigenvalue weighted by Crippen LogP contribution is -2.18. The molecule has 0 unspecified atom stereocenters. The molecular formula is C46H37N. The Morgan fingerprint density at radius 2 is 0.809 bits per heavy atom. The highest BCUT2D eigenvalue weighted by Crippen LogP contribution is 2.53. The van der Waals surface area contributed by atoms with Gasteiger partial charge < -0.3 is 4.90 Å². The number of para-hydroxylation sites is 1. The number of anilines is 3. The Balaban J connectivity index is 1.30. The highest BCUT2D eigenvalue weighted by molar-refractivity contribution is 6.02. The zero-order chi connectivity index (χ0) is 31.9. The van der Waals surface area contributed by atoms with Gasteiger partial charge in [0.1, 0.15) is 0 Å². The summed E-state index contributed by atoms with van der Waals surface area (Å²) in [5, 5.41) is 2.51. The van der Waals surface area contributed by atoms with Crippen molar-refractivity contribution in [3.63, 3.8) is 0 Å². The van der Waals surface area contributed by atoms with Crippen molar-refractivity contribution in [2.75, 3.05) is 4.90 Å². The van der Waals surface area contributed by atoms with E-state index in [0.29, 0.717) is 0 Å². The average Bonchev–Trinajstić information content (AvgIpc) is 3.48. The Bertz CT molecular complexity index is 2260. The average molecular weight is 604 g/mol. The van der Waals surface area contributed by atoms with Crippen LogP contribution in [0.2, 0.25) is 0 Å². The summed E-state index contributed by atoms with van der Waals surface area (Å²) in [5.74, 6) is 0. The number of rotatable bonds is 4. The zero-order valence-corrected chi connectivity index (χ0v) is 27.4. The van der Waals surface area contributed by atoms with Crippen molar-refractivity contribution in [3.8, 4) is 33.4 Å². The van der Waals surface area contributed by atoms with Gasteiger partial charge in [-0.2, -0.15) is 0 Å². The van der Waals surface area contributed by atoms with Crippen molar-refractivity contribution < 1.29 is 0 Å². The van der Waals surface area contributed by atoms with Gasteiger partial charge in [-0.15, -0.1) is 0 Å². The van der Waals surface area contributed by atoms with Gasteiger partial charge in [0.05, 0.1) is 5.69 Å². The number of hydrogen-bond donors (Lipinski definition) is 0. The molecule has 7 aromatic carbocycles. The molecule has 0 heterocycles. The Morgan fingerprint density at radius 1 is 0.362 bits per heavy atom. The van der Waals surface area contributed by atoms with E-state index >= 15 is 0 Å². The molecule has 0 amide bonds. The molecule has 0 N–H and O–H groups in total. The van der Waals surface area contributed by atoms with Crippen LogP contribution in [0.4, 0.5) is 17.1 Å². The van der Waals surface area contributed by atoms with Crippen LogP contribution in [0.25, 0.3) is 44.2 Å². The van der Waals surface area contributed by atoms with Gasteiger partial charge in [0.15, 0.2) is 0 Å². The standard InChI is InChI=1S/C46H37N/c1-45(2)40-21-10-7-17-35(40)37-26-24-31(28-42(37)45)47(32-25-27-38-36-18-8-11-22-41(36)46(3,4)43(38)29-32)44-23-12-9-19-39(44)34-20-13-15-30-14-5-6-16-33(30)34/h5-29H,1-4H3. The van der Waals surface area contributed by atoms with Crippen molar-refractivity contribution in [2.24, 2.45) is 0 Å². The van der Waals surface area contributed by atoms with Crippen LogP contribution < -0.4 is 4.90 Å². The third-order valence-electron chi connectivity index (χ3n) is 10.9. The van der Waals surface area contributed by atoms with Crippen LogP contribution in [0.1, 0.15) is 49.9 Å². The van der Waals surface area contributed by atoms with Crippen LogP contribution in [0, 0.1) is 0 Å². The third kappa shape index (κ3) is 4.02. The van der Waals surface area contributed by atoms with Gasteiger partial charge in [-0.05, 0) is 91.2 Å². The summed E-state index contributed by atoms with van der Waals surface area (Å²) < 4.78 is 0. The molecule has 47 heavy (non-hydrogen) atoms. The van der Waals surface area contributed by atoms with E-state index in [9.17, 15) is 0 Å². The Kier molecular flexibility index (Phi) is 5.96. The molecule has 0 bridgehead atoms. The molecule has 226 valence electrons. The molecule has 0 saturated carbocycles. The molecule has 0 aromatic heterocycles. The van der Waals surface area contributed by atoms with Crippen LogP contribution in [0.5, 0.6) is 0 Å². The second kappa shape index (κ2) is 10.0. The minimum absolute atomic E-state index is 0.0929. The normalized spacial score (nSPS) is 14.7. The number of hydrogen-bond acceptors (Lipinski definition) is 1. The molecule has 0 fully saturated rings. The minimum Gasteiger partial charge on any atom is -0.310 e. The first-order chi connectivity index (χ1) is 22.8. The third-order valence-corrected chi connectivity index (χ3v) is 10.9. The fourth-order valence-electron chi connectivity index (χ4n) is 8.45. The SMILES string of the molecule is CC1(C)c2ccccc2-c2ccc(N(c3ccc4c(c3)C(C)(C)c3ccccc3-4)c3ccccc3-c3cccc4ccccc34)cc21. The summed E-state index contributed by atoms with van der Waals surface area (Å²) in [6.07, 6.45) is 0. The van der Waals surface area contributed by atoms with Gasteiger partial charge in [-0.3, -0.25) is 0 Å². The lowest BCUT2D eigenvalue weighted by atomic mass is 9.82. The van der Waals surface area contributed by atoms with Gasteiger partial charge in [0.25, 0.3) is 0 Å². The van der Waals surface area contributed by atoms with E-state index in [1.54, 1.807) is 0 Å².